The Morgan fingerprint density at radius 3 is 2.52 bits per heavy atom. The third kappa shape index (κ3) is 5.46. The molecule has 5 rings (SSSR count). The maximum absolute atomic E-state index is 13.9. The molecule has 12 heteroatoms. The smallest absolute Gasteiger partial charge is 0.325 e. The van der Waals surface area contributed by atoms with Crippen LogP contribution in [0.25, 0.3) is 10.9 Å². The molecular formula is C28H30FN7O4. The minimum atomic E-state index is -0.745. The van der Waals surface area contributed by atoms with Crippen molar-refractivity contribution in [3.63, 3.8) is 0 Å². The number of fused-ring (bicyclic) bond motifs is 1. The number of benzene rings is 2. The fourth-order valence-corrected chi connectivity index (χ4v) is 4.90. The van der Waals surface area contributed by atoms with Crippen molar-refractivity contribution >= 4 is 34.2 Å². The van der Waals surface area contributed by atoms with E-state index in [0.29, 0.717) is 42.1 Å². The highest BCUT2D eigenvalue weighted by atomic mass is 19.1. The number of urea groups is 1. The Morgan fingerprint density at radius 1 is 1.12 bits per heavy atom. The zero-order chi connectivity index (χ0) is 28.6. The van der Waals surface area contributed by atoms with Crippen molar-refractivity contribution in [3.8, 4) is 6.07 Å². The number of carbonyl (C=O) groups is 2. The molecule has 3 N–H and O–H groups in total. The van der Waals surface area contributed by atoms with Crippen LogP contribution < -0.4 is 27.2 Å². The number of piperazine rings is 1. The van der Waals surface area contributed by atoms with Gasteiger partial charge in [-0.05, 0) is 69.0 Å². The third-order valence-corrected chi connectivity index (χ3v) is 7.21. The van der Waals surface area contributed by atoms with Gasteiger partial charge in [0, 0.05) is 43.6 Å². The Kier molecular flexibility index (Phi) is 7.40. The van der Waals surface area contributed by atoms with Gasteiger partial charge in [0.15, 0.2) is 0 Å². The van der Waals surface area contributed by atoms with E-state index in [0.717, 1.165) is 18.9 Å². The molecule has 208 valence electrons. The molecule has 1 saturated heterocycles. The van der Waals surface area contributed by atoms with E-state index in [1.54, 1.807) is 28.8 Å². The van der Waals surface area contributed by atoms with E-state index in [4.69, 9.17) is 5.26 Å². The predicted molar refractivity (Wildman–Crippen MR) is 148 cm³/mol. The molecule has 1 saturated carbocycles. The van der Waals surface area contributed by atoms with Crippen molar-refractivity contribution in [1.82, 2.24) is 19.4 Å². The molecule has 1 aliphatic carbocycles. The van der Waals surface area contributed by atoms with Gasteiger partial charge in [-0.1, -0.05) is 0 Å². The lowest BCUT2D eigenvalue weighted by molar-refractivity contribution is -0.118. The fourth-order valence-electron chi connectivity index (χ4n) is 4.90. The van der Waals surface area contributed by atoms with Crippen LogP contribution in [0.2, 0.25) is 0 Å². The third-order valence-electron chi connectivity index (χ3n) is 7.21. The highest BCUT2D eigenvalue weighted by Gasteiger charge is 2.29. The van der Waals surface area contributed by atoms with Crippen LogP contribution in [-0.4, -0.2) is 51.6 Å². The topological polar surface area (TPSA) is 141 Å². The number of carbonyl (C=O) groups excluding carboxylic acids is 2. The maximum Gasteiger partial charge on any atom is 0.331 e. The van der Waals surface area contributed by atoms with Crippen molar-refractivity contribution in [3.05, 3.63) is 68.6 Å². The zero-order valence-corrected chi connectivity index (χ0v) is 22.2. The quantitative estimate of drug-likeness (QED) is 0.433. The standard InChI is InChI=1S/C28H30FN7O4/c1-16(2)36-24-8-7-19(11-21(24)26(38)35(28(36)40)14-17-3-4-17)33-27(39)34-10-9-31-23(15-34)25(37)32-20-6-5-18(13-30)22(29)12-20/h5-8,11-12,16-17,23,31H,3-4,9-10,14-15H2,1-2H3,(H,32,37)(H,33,39). The van der Waals surface area contributed by atoms with Gasteiger partial charge in [-0.25, -0.2) is 14.0 Å². The molecule has 3 amide bonds. The van der Waals surface area contributed by atoms with Crippen molar-refractivity contribution in [1.29, 1.82) is 5.26 Å². The molecule has 0 bridgehead atoms. The van der Waals surface area contributed by atoms with Crippen LogP contribution in [0.3, 0.4) is 0 Å². The van der Waals surface area contributed by atoms with E-state index >= 15 is 0 Å². The molecular weight excluding hydrogens is 517 g/mol. The number of hydrogen-bond acceptors (Lipinski definition) is 6. The van der Waals surface area contributed by atoms with E-state index in [2.05, 4.69) is 16.0 Å². The van der Waals surface area contributed by atoms with Gasteiger partial charge in [0.05, 0.1) is 16.5 Å². The van der Waals surface area contributed by atoms with Crippen LogP contribution in [0.5, 0.6) is 0 Å². The van der Waals surface area contributed by atoms with Crippen molar-refractivity contribution < 1.29 is 14.0 Å². The first-order chi connectivity index (χ1) is 19.2. The monoisotopic (exact) mass is 547 g/mol. The normalized spacial score (nSPS) is 17.1. The number of nitrogens with zero attached hydrogens (tertiary/aromatic N) is 4. The average molecular weight is 548 g/mol. The van der Waals surface area contributed by atoms with E-state index in [9.17, 15) is 23.6 Å². The first-order valence-electron chi connectivity index (χ1n) is 13.2. The van der Waals surface area contributed by atoms with Gasteiger partial charge in [0.1, 0.15) is 17.9 Å². The molecule has 1 aliphatic heterocycles. The second kappa shape index (κ2) is 10.9. The summed E-state index contributed by atoms with van der Waals surface area (Å²) >= 11 is 0. The highest BCUT2D eigenvalue weighted by molar-refractivity contribution is 5.97. The SMILES string of the molecule is CC(C)n1c(=O)n(CC2CC2)c(=O)c2cc(NC(=O)N3CCNC(C(=O)Nc4ccc(C#N)c(F)c4)C3)ccc21. The van der Waals surface area contributed by atoms with Crippen LogP contribution in [0.15, 0.2) is 46.0 Å². The zero-order valence-electron chi connectivity index (χ0n) is 22.2. The number of aromatic nitrogens is 2. The number of nitrogens with one attached hydrogen (secondary N) is 3. The summed E-state index contributed by atoms with van der Waals surface area (Å²) in [6, 6.07) is 9.06. The average Bonchev–Trinajstić information content (AvgIpc) is 3.76. The second-order valence-electron chi connectivity index (χ2n) is 10.5. The van der Waals surface area contributed by atoms with Crippen molar-refractivity contribution in [2.75, 3.05) is 30.3 Å². The molecule has 2 aromatic carbocycles. The lowest BCUT2D eigenvalue weighted by Gasteiger charge is -2.33. The van der Waals surface area contributed by atoms with Gasteiger partial charge in [0.2, 0.25) is 5.91 Å². The van der Waals surface area contributed by atoms with E-state index in [-0.39, 0.29) is 35.1 Å². The molecule has 40 heavy (non-hydrogen) atoms. The number of anilines is 2. The minimum Gasteiger partial charge on any atom is -0.325 e. The van der Waals surface area contributed by atoms with Crippen LogP contribution in [-0.2, 0) is 11.3 Å². The van der Waals surface area contributed by atoms with Gasteiger partial charge in [-0.2, -0.15) is 5.26 Å². The Bertz CT molecular complexity index is 1650. The molecule has 2 heterocycles. The number of hydrogen-bond donors (Lipinski definition) is 3. The first kappa shape index (κ1) is 27.1. The lowest BCUT2D eigenvalue weighted by atomic mass is 10.1. The first-order valence-corrected chi connectivity index (χ1v) is 13.2. The molecule has 1 unspecified atom stereocenters. The van der Waals surface area contributed by atoms with Crippen molar-refractivity contribution in [2.45, 2.75) is 45.3 Å². The molecule has 1 atom stereocenters. The summed E-state index contributed by atoms with van der Waals surface area (Å²) in [5.41, 5.74) is 0.276. The molecule has 11 nitrogen and oxygen atoms in total. The predicted octanol–water partition coefficient (Wildman–Crippen LogP) is 2.61. The number of halogens is 1. The Balaban J connectivity index is 1.32. The minimum absolute atomic E-state index is 0.0606. The van der Waals surface area contributed by atoms with Crippen LogP contribution in [0, 0.1) is 23.1 Å². The number of nitriles is 1. The van der Waals surface area contributed by atoms with Crippen LogP contribution in [0.1, 0.15) is 38.3 Å². The summed E-state index contributed by atoms with van der Waals surface area (Å²) in [7, 11) is 0. The molecule has 3 aromatic rings. The molecule has 2 aliphatic rings. The molecule has 1 aromatic heterocycles. The highest BCUT2D eigenvalue weighted by Crippen LogP contribution is 2.30. The summed E-state index contributed by atoms with van der Waals surface area (Å²) in [5, 5.41) is 17.7. The van der Waals surface area contributed by atoms with Crippen LogP contribution in [0.4, 0.5) is 20.6 Å². The summed E-state index contributed by atoms with van der Waals surface area (Å²) in [4.78, 5) is 53.8. The number of rotatable bonds is 6. The maximum atomic E-state index is 13.9. The summed E-state index contributed by atoms with van der Waals surface area (Å²) in [6.45, 7) is 4.92. The van der Waals surface area contributed by atoms with Gasteiger partial charge >= 0.3 is 11.7 Å². The summed E-state index contributed by atoms with van der Waals surface area (Å²) in [6.07, 6.45) is 1.99. The number of amides is 3. The van der Waals surface area contributed by atoms with Crippen LogP contribution >= 0.6 is 0 Å². The Labute approximate surface area is 229 Å². The molecule has 0 radical (unpaired) electrons. The molecule has 2 fully saturated rings. The Hall–Kier alpha value is -4.50. The van der Waals surface area contributed by atoms with E-state index in [1.165, 1.54) is 21.6 Å². The Morgan fingerprint density at radius 2 is 1.85 bits per heavy atom. The van der Waals surface area contributed by atoms with Gasteiger partial charge in [-0.3, -0.25) is 18.7 Å². The molecule has 0 spiro atoms. The lowest BCUT2D eigenvalue weighted by Crippen LogP contribution is -2.57. The van der Waals surface area contributed by atoms with Gasteiger partial charge < -0.3 is 20.9 Å². The van der Waals surface area contributed by atoms with Gasteiger partial charge in [-0.15, -0.1) is 0 Å². The second-order valence-corrected chi connectivity index (χ2v) is 10.5. The fraction of sp³-hybridized carbons (Fsp3) is 0.393. The summed E-state index contributed by atoms with van der Waals surface area (Å²) in [5.74, 6) is -0.853. The van der Waals surface area contributed by atoms with E-state index in [1.807, 2.05) is 13.8 Å². The van der Waals surface area contributed by atoms with Crippen molar-refractivity contribution in [2.24, 2.45) is 5.92 Å². The van der Waals surface area contributed by atoms with Gasteiger partial charge in [0.25, 0.3) is 5.56 Å². The largest absolute Gasteiger partial charge is 0.331 e. The summed E-state index contributed by atoms with van der Waals surface area (Å²) < 4.78 is 16.8. The van der Waals surface area contributed by atoms with E-state index < -0.39 is 23.8 Å².